The lowest BCUT2D eigenvalue weighted by atomic mass is 10.0. The van der Waals surface area contributed by atoms with Gasteiger partial charge in [-0.15, -0.1) is 5.10 Å². The predicted molar refractivity (Wildman–Crippen MR) is 63.5 cm³/mol. The van der Waals surface area contributed by atoms with Crippen molar-refractivity contribution in [2.75, 3.05) is 13.2 Å². The van der Waals surface area contributed by atoms with E-state index in [9.17, 15) is 9.59 Å². The van der Waals surface area contributed by atoms with Crippen LogP contribution >= 0.6 is 0 Å². The van der Waals surface area contributed by atoms with Gasteiger partial charge in [-0.3, -0.25) is 4.79 Å². The maximum absolute atomic E-state index is 11.8. The fourth-order valence-electron chi connectivity index (χ4n) is 2.01. The molecule has 1 aliphatic heterocycles. The normalized spacial score (nSPS) is 22.4. The van der Waals surface area contributed by atoms with E-state index in [1.807, 2.05) is 6.92 Å². The van der Waals surface area contributed by atoms with Gasteiger partial charge in [-0.2, -0.15) is 0 Å². The van der Waals surface area contributed by atoms with Crippen LogP contribution in [0.15, 0.2) is 6.20 Å². The number of hydrogen-bond acceptors (Lipinski definition) is 5. The highest BCUT2D eigenvalue weighted by molar-refractivity contribution is 5.84. The minimum absolute atomic E-state index is 0.0384. The second kappa shape index (κ2) is 5.79. The van der Waals surface area contributed by atoms with Crippen LogP contribution in [0.2, 0.25) is 0 Å². The first-order valence-electron chi connectivity index (χ1n) is 6.10. The van der Waals surface area contributed by atoms with Gasteiger partial charge < -0.3 is 15.2 Å². The number of nitrogens with zero attached hydrogens (tertiary/aromatic N) is 3. The van der Waals surface area contributed by atoms with Crippen LogP contribution in [0, 0.1) is 5.92 Å². The summed E-state index contributed by atoms with van der Waals surface area (Å²) >= 11 is 0. The van der Waals surface area contributed by atoms with Crippen LogP contribution < -0.4 is 5.32 Å². The van der Waals surface area contributed by atoms with Crippen LogP contribution in [-0.2, 0) is 16.1 Å². The van der Waals surface area contributed by atoms with Gasteiger partial charge in [0.15, 0.2) is 5.69 Å². The molecule has 0 radical (unpaired) electrons. The van der Waals surface area contributed by atoms with Gasteiger partial charge in [0.1, 0.15) is 0 Å². The van der Waals surface area contributed by atoms with E-state index in [1.54, 1.807) is 0 Å². The quantitative estimate of drug-likeness (QED) is 0.747. The fourth-order valence-corrected chi connectivity index (χ4v) is 2.01. The maximum Gasteiger partial charge on any atom is 0.358 e. The van der Waals surface area contributed by atoms with Crippen LogP contribution in [0.4, 0.5) is 0 Å². The van der Waals surface area contributed by atoms with Gasteiger partial charge in [-0.05, 0) is 13.3 Å². The van der Waals surface area contributed by atoms with Crippen molar-refractivity contribution >= 4 is 11.9 Å². The van der Waals surface area contributed by atoms with Gasteiger partial charge in [-0.25, -0.2) is 9.48 Å². The van der Waals surface area contributed by atoms with E-state index in [0.29, 0.717) is 19.7 Å². The molecule has 1 fully saturated rings. The van der Waals surface area contributed by atoms with Crippen LogP contribution in [0.3, 0.4) is 0 Å². The molecule has 2 atom stereocenters. The number of carboxylic acid groups (broad SMARTS) is 1. The third-order valence-electron chi connectivity index (χ3n) is 3.11. The van der Waals surface area contributed by atoms with Crippen molar-refractivity contribution in [3.8, 4) is 0 Å². The monoisotopic (exact) mass is 268 g/mol. The highest BCUT2D eigenvalue weighted by Crippen LogP contribution is 2.20. The van der Waals surface area contributed by atoms with E-state index in [1.165, 1.54) is 10.9 Å². The standard InChI is InChI=1S/C11H16N4O4/c1-7-8(2-5-19-7)10(16)12-3-4-15-6-9(11(17)18)13-14-15/h6-8H,2-5H2,1H3,(H,12,16)(H,17,18). The third-order valence-corrected chi connectivity index (χ3v) is 3.11. The van der Waals surface area contributed by atoms with Crippen LogP contribution in [-0.4, -0.2) is 51.2 Å². The number of carbonyl (C=O) groups excluding carboxylic acids is 1. The van der Waals surface area contributed by atoms with Crippen molar-refractivity contribution in [1.29, 1.82) is 0 Å². The molecule has 1 aromatic rings. The van der Waals surface area contributed by atoms with E-state index in [2.05, 4.69) is 15.6 Å². The molecule has 0 aromatic carbocycles. The number of amides is 1. The van der Waals surface area contributed by atoms with E-state index >= 15 is 0 Å². The molecule has 2 heterocycles. The molecule has 2 rings (SSSR count). The molecule has 0 spiro atoms. The van der Waals surface area contributed by atoms with E-state index < -0.39 is 5.97 Å². The van der Waals surface area contributed by atoms with Gasteiger partial charge in [-0.1, -0.05) is 5.21 Å². The Labute approximate surface area is 109 Å². The molecule has 8 nitrogen and oxygen atoms in total. The number of carbonyl (C=O) groups is 2. The zero-order valence-electron chi connectivity index (χ0n) is 10.6. The first-order valence-corrected chi connectivity index (χ1v) is 6.10. The number of aromatic nitrogens is 3. The Bertz CT molecular complexity index is 473. The molecular formula is C11H16N4O4. The smallest absolute Gasteiger partial charge is 0.358 e. The fraction of sp³-hybridized carbons (Fsp3) is 0.636. The van der Waals surface area contributed by atoms with Gasteiger partial charge >= 0.3 is 5.97 Å². The summed E-state index contributed by atoms with van der Waals surface area (Å²) in [6, 6.07) is 0. The molecule has 8 heteroatoms. The molecule has 2 unspecified atom stereocenters. The van der Waals surface area contributed by atoms with Gasteiger partial charge in [0.2, 0.25) is 5.91 Å². The molecular weight excluding hydrogens is 252 g/mol. The second-order valence-electron chi connectivity index (χ2n) is 4.43. The predicted octanol–water partition coefficient (Wildman–Crippen LogP) is -0.482. The topological polar surface area (TPSA) is 106 Å². The average molecular weight is 268 g/mol. The Kier molecular flexibility index (Phi) is 4.10. The lowest BCUT2D eigenvalue weighted by Gasteiger charge is -2.13. The van der Waals surface area contributed by atoms with Crippen molar-refractivity contribution in [3.63, 3.8) is 0 Å². The Morgan fingerprint density at radius 3 is 3.00 bits per heavy atom. The number of carboxylic acids is 1. The van der Waals surface area contributed by atoms with Crippen LogP contribution in [0.25, 0.3) is 0 Å². The molecule has 104 valence electrons. The lowest BCUT2D eigenvalue weighted by Crippen LogP contribution is -2.36. The first kappa shape index (κ1) is 13.5. The molecule has 19 heavy (non-hydrogen) atoms. The summed E-state index contributed by atoms with van der Waals surface area (Å²) in [5, 5.41) is 18.6. The number of hydrogen-bond donors (Lipinski definition) is 2. The summed E-state index contributed by atoms with van der Waals surface area (Å²) in [7, 11) is 0. The number of rotatable bonds is 5. The van der Waals surface area contributed by atoms with E-state index in [4.69, 9.17) is 9.84 Å². The van der Waals surface area contributed by atoms with Crippen molar-refractivity contribution < 1.29 is 19.4 Å². The SMILES string of the molecule is CC1OCCC1C(=O)NCCn1cc(C(=O)O)nn1. The Hall–Kier alpha value is -1.96. The Morgan fingerprint density at radius 1 is 1.63 bits per heavy atom. The summed E-state index contributed by atoms with van der Waals surface area (Å²) in [6.45, 7) is 3.26. The van der Waals surface area contributed by atoms with Gasteiger partial charge in [0.25, 0.3) is 0 Å². The second-order valence-corrected chi connectivity index (χ2v) is 4.43. The summed E-state index contributed by atoms with van der Waals surface area (Å²) in [5.74, 6) is -1.26. The van der Waals surface area contributed by atoms with Crippen LogP contribution in [0.1, 0.15) is 23.8 Å². The minimum Gasteiger partial charge on any atom is -0.476 e. The van der Waals surface area contributed by atoms with E-state index in [0.717, 1.165) is 6.42 Å². The van der Waals surface area contributed by atoms with Crippen molar-refractivity contribution in [2.24, 2.45) is 5.92 Å². The zero-order valence-corrected chi connectivity index (χ0v) is 10.6. The van der Waals surface area contributed by atoms with Crippen molar-refractivity contribution in [3.05, 3.63) is 11.9 Å². The zero-order chi connectivity index (χ0) is 13.8. The number of aromatic carboxylic acids is 1. The Morgan fingerprint density at radius 2 is 2.42 bits per heavy atom. The van der Waals surface area contributed by atoms with E-state index in [-0.39, 0.29) is 23.6 Å². The van der Waals surface area contributed by atoms with Gasteiger partial charge in [0.05, 0.1) is 24.8 Å². The number of nitrogens with one attached hydrogen (secondary N) is 1. The summed E-state index contributed by atoms with van der Waals surface area (Å²) in [4.78, 5) is 22.4. The van der Waals surface area contributed by atoms with Crippen molar-refractivity contribution in [1.82, 2.24) is 20.3 Å². The molecule has 0 aliphatic carbocycles. The molecule has 0 bridgehead atoms. The Balaban J connectivity index is 1.76. The average Bonchev–Trinajstić information content (AvgIpc) is 2.97. The highest BCUT2D eigenvalue weighted by atomic mass is 16.5. The molecule has 0 saturated carbocycles. The molecule has 1 aromatic heterocycles. The molecule has 1 amide bonds. The number of ether oxygens (including phenoxy) is 1. The maximum atomic E-state index is 11.8. The van der Waals surface area contributed by atoms with Crippen LogP contribution in [0.5, 0.6) is 0 Å². The summed E-state index contributed by atoms with van der Waals surface area (Å²) < 4.78 is 6.71. The highest BCUT2D eigenvalue weighted by Gasteiger charge is 2.30. The largest absolute Gasteiger partial charge is 0.476 e. The lowest BCUT2D eigenvalue weighted by molar-refractivity contribution is -0.126. The molecule has 2 N–H and O–H groups in total. The first-order chi connectivity index (χ1) is 9.08. The third kappa shape index (κ3) is 3.28. The van der Waals surface area contributed by atoms with Gasteiger partial charge in [0, 0.05) is 13.2 Å². The van der Waals surface area contributed by atoms with Crippen molar-refractivity contribution in [2.45, 2.75) is 26.0 Å². The summed E-state index contributed by atoms with van der Waals surface area (Å²) in [6.07, 6.45) is 2.01. The summed E-state index contributed by atoms with van der Waals surface area (Å²) in [5.41, 5.74) is -0.107. The molecule has 1 aliphatic rings. The molecule has 1 saturated heterocycles. The minimum atomic E-state index is -1.12.